The van der Waals surface area contributed by atoms with Crippen LogP contribution in [0.15, 0.2) is 46.9 Å². The van der Waals surface area contributed by atoms with Crippen LogP contribution in [0.25, 0.3) is 11.1 Å². The Hall–Kier alpha value is -0.500. The fraction of sp³-hybridized carbons (Fsp3) is 0. The standard InChI is InChI=1S/C12H7BrCl2/c13-11-4-2-1-3-9(11)10-6-5-8(14)7-12(10)15/h1-7H. The minimum atomic E-state index is 0.649. The van der Waals surface area contributed by atoms with E-state index in [9.17, 15) is 0 Å². The zero-order chi connectivity index (χ0) is 10.8. The molecule has 0 radical (unpaired) electrons. The molecule has 2 aromatic rings. The monoisotopic (exact) mass is 300 g/mol. The molecule has 0 aliphatic heterocycles. The topological polar surface area (TPSA) is 0 Å². The Balaban J connectivity index is 2.60. The van der Waals surface area contributed by atoms with Gasteiger partial charge in [-0.25, -0.2) is 0 Å². The molecule has 3 heteroatoms. The minimum Gasteiger partial charge on any atom is -0.0843 e. The van der Waals surface area contributed by atoms with Gasteiger partial charge in [-0.15, -0.1) is 0 Å². The van der Waals surface area contributed by atoms with Crippen molar-refractivity contribution in [1.82, 2.24) is 0 Å². The van der Waals surface area contributed by atoms with Crippen molar-refractivity contribution in [3.8, 4) is 11.1 Å². The lowest BCUT2D eigenvalue weighted by Gasteiger charge is -2.06. The molecule has 0 N–H and O–H groups in total. The summed E-state index contributed by atoms with van der Waals surface area (Å²) in [5, 5.41) is 1.31. The van der Waals surface area contributed by atoms with Crippen molar-refractivity contribution in [1.29, 1.82) is 0 Å². The highest BCUT2D eigenvalue weighted by Gasteiger charge is 2.06. The van der Waals surface area contributed by atoms with Gasteiger partial charge in [0.15, 0.2) is 0 Å². The second-order valence-corrected chi connectivity index (χ2v) is 4.80. The van der Waals surface area contributed by atoms with Crippen molar-refractivity contribution < 1.29 is 0 Å². The molecule has 0 amide bonds. The molecule has 0 heterocycles. The van der Waals surface area contributed by atoms with Crippen LogP contribution in [0.2, 0.25) is 10.0 Å². The number of hydrogen-bond acceptors (Lipinski definition) is 0. The van der Waals surface area contributed by atoms with E-state index in [1.165, 1.54) is 0 Å². The molecule has 15 heavy (non-hydrogen) atoms. The third kappa shape index (κ3) is 2.36. The van der Waals surface area contributed by atoms with Crippen LogP contribution in [-0.2, 0) is 0 Å². The summed E-state index contributed by atoms with van der Waals surface area (Å²) in [4.78, 5) is 0. The summed E-state index contributed by atoms with van der Waals surface area (Å²) in [6.45, 7) is 0. The molecule has 2 rings (SSSR count). The van der Waals surface area contributed by atoms with Crippen molar-refractivity contribution in [3.05, 3.63) is 57.0 Å². The Bertz CT molecular complexity index is 495. The van der Waals surface area contributed by atoms with Crippen molar-refractivity contribution >= 4 is 39.1 Å². The fourth-order valence-corrected chi connectivity index (χ4v) is 2.40. The first kappa shape index (κ1) is 11.0. The minimum absolute atomic E-state index is 0.649. The summed E-state index contributed by atoms with van der Waals surface area (Å²) in [5.74, 6) is 0. The highest BCUT2D eigenvalue weighted by atomic mass is 79.9. The molecule has 0 bridgehead atoms. The Kier molecular flexibility index (Phi) is 3.35. The number of benzene rings is 2. The van der Waals surface area contributed by atoms with Gasteiger partial charge in [0.1, 0.15) is 0 Å². The predicted octanol–water partition coefficient (Wildman–Crippen LogP) is 5.42. The van der Waals surface area contributed by atoms with Crippen LogP contribution in [0.1, 0.15) is 0 Å². The van der Waals surface area contributed by atoms with Crippen LogP contribution >= 0.6 is 39.1 Å². The Morgan fingerprint density at radius 1 is 0.867 bits per heavy atom. The van der Waals surface area contributed by atoms with Crippen molar-refractivity contribution in [2.24, 2.45) is 0 Å². The number of hydrogen-bond donors (Lipinski definition) is 0. The van der Waals surface area contributed by atoms with Gasteiger partial charge in [0.2, 0.25) is 0 Å². The third-order valence-electron chi connectivity index (χ3n) is 2.10. The maximum absolute atomic E-state index is 6.13. The summed E-state index contributed by atoms with van der Waals surface area (Å²) < 4.78 is 1.02. The molecule has 2 aromatic carbocycles. The van der Waals surface area contributed by atoms with Crippen LogP contribution in [0, 0.1) is 0 Å². The smallest absolute Gasteiger partial charge is 0.0499 e. The van der Waals surface area contributed by atoms with Gasteiger partial charge in [0, 0.05) is 20.1 Å². The Morgan fingerprint density at radius 3 is 2.27 bits per heavy atom. The van der Waals surface area contributed by atoms with E-state index in [0.717, 1.165) is 15.6 Å². The molecule has 0 atom stereocenters. The number of rotatable bonds is 1. The van der Waals surface area contributed by atoms with Gasteiger partial charge in [0.25, 0.3) is 0 Å². The van der Waals surface area contributed by atoms with Gasteiger partial charge in [0.05, 0.1) is 0 Å². The first-order chi connectivity index (χ1) is 7.18. The van der Waals surface area contributed by atoms with Gasteiger partial charge in [-0.05, 0) is 23.8 Å². The Morgan fingerprint density at radius 2 is 1.60 bits per heavy atom. The highest BCUT2D eigenvalue weighted by Crippen LogP contribution is 2.34. The summed E-state index contributed by atoms with van der Waals surface area (Å²) >= 11 is 15.5. The molecule has 0 aromatic heterocycles. The van der Waals surface area contributed by atoms with Gasteiger partial charge >= 0.3 is 0 Å². The lowest BCUT2D eigenvalue weighted by molar-refractivity contribution is 1.58. The molecule has 0 aliphatic rings. The van der Waals surface area contributed by atoms with Crippen LogP contribution in [0.3, 0.4) is 0 Å². The lowest BCUT2D eigenvalue weighted by Crippen LogP contribution is -1.81. The van der Waals surface area contributed by atoms with Gasteiger partial charge in [-0.2, -0.15) is 0 Å². The molecule has 0 unspecified atom stereocenters. The molecule has 0 spiro atoms. The summed E-state index contributed by atoms with van der Waals surface area (Å²) in [6, 6.07) is 13.5. The summed E-state index contributed by atoms with van der Waals surface area (Å²) in [7, 11) is 0. The second-order valence-electron chi connectivity index (χ2n) is 3.10. The normalized spacial score (nSPS) is 10.3. The quantitative estimate of drug-likeness (QED) is 0.659. The maximum Gasteiger partial charge on any atom is 0.0499 e. The van der Waals surface area contributed by atoms with E-state index >= 15 is 0 Å². The molecule has 76 valence electrons. The third-order valence-corrected chi connectivity index (χ3v) is 3.33. The average Bonchev–Trinajstić information content (AvgIpc) is 2.20. The van der Waals surface area contributed by atoms with E-state index in [1.54, 1.807) is 6.07 Å². The SMILES string of the molecule is Clc1ccc(-c2ccccc2Br)c(Cl)c1. The van der Waals surface area contributed by atoms with Gasteiger partial charge in [-0.1, -0.05) is 63.4 Å². The zero-order valence-electron chi connectivity index (χ0n) is 7.68. The van der Waals surface area contributed by atoms with E-state index in [4.69, 9.17) is 23.2 Å². The van der Waals surface area contributed by atoms with E-state index in [0.29, 0.717) is 10.0 Å². The van der Waals surface area contributed by atoms with Crippen LogP contribution < -0.4 is 0 Å². The van der Waals surface area contributed by atoms with Crippen molar-refractivity contribution in [2.45, 2.75) is 0 Å². The number of halogens is 3. The molecule has 0 saturated carbocycles. The second kappa shape index (κ2) is 4.56. The fourth-order valence-electron chi connectivity index (χ4n) is 1.39. The molecule has 0 nitrogen and oxygen atoms in total. The van der Waals surface area contributed by atoms with Crippen molar-refractivity contribution in [2.75, 3.05) is 0 Å². The van der Waals surface area contributed by atoms with Gasteiger partial charge < -0.3 is 0 Å². The first-order valence-electron chi connectivity index (χ1n) is 4.38. The lowest BCUT2D eigenvalue weighted by atomic mass is 10.1. The van der Waals surface area contributed by atoms with Crippen LogP contribution in [0.5, 0.6) is 0 Å². The molecular weight excluding hydrogens is 295 g/mol. The molecular formula is C12H7BrCl2. The maximum atomic E-state index is 6.13. The first-order valence-corrected chi connectivity index (χ1v) is 5.93. The van der Waals surface area contributed by atoms with E-state index in [-0.39, 0.29) is 0 Å². The van der Waals surface area contributed by atoms with Crippen LogP contribution in [-0.4, -0.2) is 0 Å². The van der Waals surface area contributed by atoms with Crippen LogP contribution in [0.4, 0.5) is 0 Å². The van der Waals surface area contributed by atoms with Gasteiger partial charge in [-0.3, -0.25) is 0 Å². The zero-order valence-corrected chi connectivity index (χ0v) is 10.8. The average molecular weight is 302 g/mol. The van der Waals surface area contributed by atoms with E-state index < -0.39 is 0 Å². The van der Waals surface area contributed by atoms with E-state index in [1.807, 2.05) is 36.4 Å². The van der Waals surface area contributed by atoms with E-state index in [2.05, 4.69) is 15.9 Å². The molecule has 0 fully saturated rings. The summed E-state index contributed by atoms with van der Waals surface area (Å²) in [5.41, 5.74) is 2.05. The molecule has 0 aliphatic carbocycles. The molecule has 0 saturated heterocycles. The largest absolute Gasteiger partial charge is 0.0843 e. The van der Waals surface area contributed by atoms with Crippen molar-refractivity contribution in [3.63, 3.8) is 0 Å². The predicted molar refractivity (Wildman–Crippen MR) is 69.6 cm³/mol. The highest BCUT2D eigenvalue weighted by molar-refractivity contribution is 9.10. The Labute approximate surface area is 107 Å². The summed E-state index contributed by atoms with van der Waals surface area (Å²) in [6.07, 6.45) is 0.